The average molecular weight is 258 g/mol. The van der Waals surface area contributed by atoms with Crippen LogP contribution in [0.1, 0.15) is 27.0 Å². The SMILES string of the molecule is Cc1cc(C(=O)O)cc(-c2c(C)cc(C)cc2F)c1. The third-order valence-corrected chi connectivity index (χ3v) is 3.04. The molecule has 0 spiro atoms. The van der Waals surface area contributed by atoms with Crippen LogP contribution in [0.4, 0.5) is 4.39 Å². The van der Waals surface area contributed by atoms with Crippen LogP contribution in [0, 0.1) is 26.6 Å². The number of hydrogen-bond donors (Lipinski definition) is 1. The van der Waals surface area contributed by atoms with E-state index in [1.807, 2.05) is 19.9 Å². The van der Waals surface area contributed by atoms with Crippen molar-refractivity contribution in [3.63, 3.8) is 0 Å². The number of halogens is 1. The first kappa shape index (κ1) is 13.3. The van der Waals surface area contributed by atoms with Crippen molar-refractivity contribution in [3.05, 3.63) is 58.4 Å². The lowest BCUT2D eigenvalue weighted by molar-refractivity contribution is 0.0697. The molecule has 2 rings (SSSR count). The smallest absolute Gasteiger partial charge is 0.335 e. The van der Waals surface area contributed by atoms with E-state index in [9.17, 15) is 9.18 Å². The fourth-order valence-corrected chi connectivity index (χ4v) is 2.33. The summed E-state index contributed by atoms with van der Waals surface area (Å²) in [4.78, 5) is 11.1. The van der Waals surface area contributed by atoms with E-state index in [4.69, 9.17) is 5.11 Å². The van der Waals surface area contributed by atoms with Crippen LogP contribution < -0.4 is 0 Å². The van der Waals surface area contributed by atoms with Gasteiger partial charge in [-0.2, -0.15) is 0 Å². The highest BCUT2D eigenvalue weighted by Gasteiger charge is 2.12. The zero-order valence-electron chi connectivity index (χ0n) is 11.1. The summed E-state index contributed by atoms with van der Waals surface area (Å²) in [6, 6.07) is 8.24. The lowest BCUT2D eigenvalue weighted by Crippen LogP contribution is -1.99. The van der Waals surface area contributed by atoms with E-state index in [-0.39, 0.29) is 11.4 Å². The Kier molecular flexibility index (Phi) is 3.38. The second kappa shape index (κ2) is 4.84. The van der Waals surface area contributed by atoms with E-state index in [0.717, 1.165) is 16.7 Å². The van der Waals surface area contributed by atoms with Crippen LogP contribution in [0.5, 0.6) is 0 Å². The number of aromatic carboxylic acids is 1. The molecule has 0 amide bonds. The molecule has 0 aliphatic heterocycles. The van der Waals surface area contributed by atoms with Crippen molar-refractivity contribution in [1.29, 1.82) is 0 Å². The molecule has 0 atom stereocenters. The number of rotatable bonds is 2. The van der Waals surface area contributed by atoms with Crippen LogP contribution in [0.15, 0.2) is 30.3 Å². The van der Waals surface area contributed by atoms with Crippen LogP contribution in [0.3, 0.4) is 0 Å². The maximum Gasteiger partial charge on any atom is 0.335 e. The molecule has 0 aliphatic carbocycles. The minimum atomic E-state index is -1.00. The van der Waals surface area contributed by atoms with Gasteiger partial charge in [0, 0.05) is 5.56 Å². The Balaban J connectivity index is 2.69. The topological polar surface area (TPSA) is 37.3 Å². The number of carbonyl (C=O) groups is 1. The van der Waals surface area contributed by atoms with Crippen molar-refractivity contribution < 1.29 is 14.3 Å². The number of carboxylic acids is 1. The first-order valence-corrected chi connectivity index (χ1v) is 6.00. The standard InChI is InChI=1S/C16H15FO2/c1-9-4-11(3)15(14(17)7-9)12-5-10(2)6-13(8-12)16(18)19/h4-8H,1-3H3,(H,18,19). The summed E-state index contributed by atoms with van der Waals surface area (Å²) < 4.78 is 14.1. The number of aryl methyl sites for hydroxylation is 3. The Morgan fingerprint density at radius 2 is 1.63 bits per heavy atom. The van der Waals surface area contributed by atoms with Gasteiger partial charge in [-0.3, -0.25) is 0 Å². The van der Waals surface area contributed by atoms with Crippen molar-refractivity contribution in [3.8, 4) is 11.1 Å². The van der Waals surface area contributed by atoms with Gasteiger partial charge in [0.1, 0.15) is 5.82 Å². The molecule has 0 saturated heterocycles. The Hall–Kier alpha value is -2.16. The van der Waals surface area contributed by atoms with E-state index in [1.165, 1.54) is 12.1 Å². The summed E-state index contributed by atoms with van der Waals surface area (Å²) in [6.07, 6.45) is 0. The molecule has 2 aromatic rings. The molecule has 19 heavy (non-hydrogen) atoms. The van der Waals surface area contributed by atoms with Crippen LogP contribution in [-0.4, -0.2) is 11.1 Å². The highest BCUT2D eigenvalue weighted by atomic mass is 19.1. The Labute approximate surface area is 111 Å². The number of hydrogen-bond acceptors (Lipinski definition) is 1. The van der Waals surface area contributed by atoms with Crippen molar-refractivity contribution in [2.75, 3.05) is 0 Å². The fourth-order valence-electron chi connectivity index (χ4n) is 2.33. The molecule has 0 aromatic heterocycles. The maximum atomic E-state index is 14.1. The van der Waals surface area contributed by atoms with Crippen molar-refractivity contribution in [2.24, 2.45) is 0 Å². The summed E-state index contributed by atoms with van der Waals surface area (Å²) in [5.41, 5.74) is 3.71. The van der Waals surface area contributed by atoms with Gasteiger partial charge in [0.25, 0.3) is 0 Å². The van der Waals surface area contributed by atoms with Gasteiger partial charge < -0.3 is 5.11 Å². The molecule has 0 unspecified atom stereocenters. The van der Waals surface area contributed by atoms with E-state index in [2.05, 4.69) is 0 Å². The van der Waals surface area contributed by atoms with Crippen LogP contribution in [-0.2, 0) is 0 Å². The summed E-state index contributed by atoms with van der Waals surface area (Å²) >= 11 is 0. The highest BCUT2D eigenvalue weighted by Crippen LogP contribution is 2.29. The predicted octanol–water partition coefficient (Wildman–Crippen LogP) is 4.12. The molecule has 0 bridgehead atoms. The number of carboxylic acid groups (broad SMARTS) is 1. The Morgan fingerprint density at radius 3 is 2.21 bits per heavy atom. The molecule has 1 N–H and O–H groups in total. The van der Waals surface area contributed by atoms with Crippen molar-refractivity contribution in [1.82, 2.24) is 0 Å². The third-order valence-electron chi connectivity index (χ3n) is 3.04. The van der Waals surface area contributed by atoms with Gasteiger partial charge in [0.2, 0.25) is 0 Å². The highest BCUT2D eigenvalue weighted by molar-refractivity contribution is 5.90. The summed E-state index contributed by atoms with van der Waals surface area (Å²) in [6.45, 7) is 5.46. The second-order valence-corrected chi connectivity index (χ2v) is 4.83. The largest absolute Gasteiger partial charge is 0.478 e. The molecule has 98 valence electrons. The molecule has 0 radical (unpaired) electrons. The normalized spacial score (nSPS) is 10.5. The maximum absolute atomic E-state index is 14.1. The Morgan fingerprint density at radius 1 is 1.00 bits per heavy atom. The van der Waals surface area contributed by atoms with Gasteiger partial charge in [-0.15, -0.1) is 0 Å². The van der Waals surface area contributed by atoms with Gasteiger partial charge in [0.15, 0.2) is 0 Å². The molecule has 0 fully saturated rings. The molecule has 2 aromatic carbocycles. The molecule has 3 heteroatoms. The predicted molar refractivity (Wildman–Crippen MR) is 73.0 cm³/mol. The van der Waals surface area contributed by atoms with Gasteiger partial charge >= 0.3 is 5.97 Å². The molecular weight excluding hydrogens is 243 g/mol. The fraction of sp³-hybridized carbons (Fsp3) is 0.188. The van der Waals surface area contributed by atoms with Gasteiger partial charge in [0.05, 0.1) is 5.56 Å². The minimum Gasteiger partial charge on any atom is -0.478 e. The second-order valence-electron chi connectivity index (χ2n) is 4.83. The van der Waals surface area contributed by atoms with Crippen LogP contribution in [0.2, 0.25) is 0 Å². The van der Waals surface area contributed by atoms with Gasteiger partial charge in [-0.1, -0.05) is 12.1 Å². The van der Waals surface area contributed by atoms with E-state index < -0.39 is 5.97 Å². The van der Waals surface area contributed by atoms with Gasteiger partial charge in [-0.05, 0) is 61.2 Å². The third kappa shape index (κ3) is 2.65. The molecular formula is C16H15FO2. The number of benzene rings is 2. The molecule has 0 heterocycles. The summed E-state index contributed by atoms with van der Waals surface area (Å²) in [7, 11) is 0. The summed E-state index contributed by atoms with van der Waals surface area (Å²) in [5, 5.41) is 9.07. The average Bonchev–Trinajstić information content (AvgIpc) is 2.26. The van der Waals surface area contributed by atoms with Crippen molar-refractivity contribution in [2.45, 2.75) is 20.8 Å². The molecule has 0 aliphatic rings. The first-order valence-electron chi connectivity index (χ1n) is 6.00. The first-order chi connectivity index (χ1) is 8.88. The molecule has 0 saturated carbocycles. The van der Waals surface area contributed by atoms with Crippen LogP contribution in [0.25, 0.3) is 11.1 Å². The minimum absolute atomic E-state index is 0.175. The van der Waals surface area contributed by atoms with Gasteiger partial charge in [-0.25, -0.2) is 9.18 Å². The van der Waals surface area contributed by atoms with E-state index in [0.29, 0.717) is 11.1 Å². The monoisotopic (exact) mass is 258 g/mol. The van der Waals surface area contributed by atoms with E-state index in [1.54, 1.807) is 19.1 Å². The molecule has 2 nitrogen and oxygen atoms in total. The van der Waals surface area contributed by atoms with Crippen molar-refractivity contribution >= 4 is 5.97 Å². The van der Waals surface area contributed by atoms with E-state index >= 15 is 0 Å². The lowest BCUT2D eigenvalue weighted by atomic mass is 9.95. The Bertz CT molecular complexity index is 637. The zero-order valence-corrected chi connectivity index (χ0v) is 11.1. The summed E-state index contributed by atoms with van der Waals surface area (Å²) in [5.74, 6) is -1.32. The zero-order chi connectivity index (χ0) is 14.2. The quantitative estimate of drug-likeness (QED) is 0.879. The van der Waals surface area contributed by atoms with Crippen LogP contribution >= 0.6 is 0 Å². The lowest BCUT2D eigenvalue weighted by Gasteiger charge is -2.11.